The van der Waals surface area contributed by atoms with Gasteiger partial charge < -0.3 is 8.98 Å². The molecule has 0 radical (unpaired) electrons. The topological polar surface area (TPSA) is 65.8 Å². The summed E-state index contributed by atoms with van der Waals surface area (Å²) >= 11 is 1.45. The fraction of sp³-hybridized carbons (Fsp3) is 0.476. The van der Waals surface area contributed by atoms with Crippen molar-refractivity contribution in [3.8, 4) is 0 Å². The standard InChI is InChI=1S/C21H26N4O2S/c1-13(2)20-22-23-21(24(20)11-17-6-5-9-27-17)28-12-19(26)18-10-14(3)25(15(18)4)16-7-8-16/h5-6,9-10,13,16H,7-8,11-12H2,1-4H3. The molecular formula is C21H26N4O2S. The van der Waals surface area contributed by atoms with Crippen molar-refractivity contribution in [2.45, 2.75) is 64.2 Å². The first-order valence-corrected chi connectivity index (χ1v) is 10.7. The number of hydrogen-bond acceptors (Lipinski definition) is 5. The molecule has 1 aliphatic rings. The maximum Gasteiger partial charge on any atom is 0.192 e. The molecule has 1 saturated carbocycles. The molecule has 0 aliphatic heterocycles. The van der Waals surface area contributed by atoms with E-state index in [1.807, 2.05) is 18.2 Å². The summed E-state index contributed by atoms with van der Waals surface area (Å²) < 4.78 is 9.86. The first kappa shape index (κ1) is 19.1. The fourth-order valence-electron chi connectivity index (χ4n) is 3.70. The number of aromatic nitrogens is 4. The number of hydrogen-bond donors (Lipinski definition) is 0. The average molecular weight is 399 g/mol. The number of thioether (sulfide) groups is 1. The van der Waals surface area contributed by atoms with Crippen molar-refractivity contribution in [3.05, 3.63) is 53.0 Å². The molecule has 0 saturated heterocycles. The Balaban J connectivity index is 1.52. The summed E-state index contributed by atoms with van der Waals surface area (Å²) in [6.07, 6.45) is 4.10. The van der Waals surface area contributed by atoms with Crippen molar-refractivity contribution >= 4 is 17.5 Å². The van der Waals surface area contributed by atoms with Gasteiger partial charge >= 0.3 is 0 Å². The lowest BCUT2D eigenvalue weighted by Gasteiger charge is -2.10. The molecule has 1 fully saturated rings. The molecule has 3 heterocycles. The number of aryl methyl sites for hydroxylation is 1. The van der Waals surface area contributed by atoms with E-state index < -0.39 is 0 Å². The largest absolute Gasteiger partial charge is 0.467 e. The molecule has 7 heteroatoms. The van der Waals surface area contributed by atoms with Crippen LogP contribution in [-0.4, -0.2) is 30.9 Å². The summed E-state index contributed by atoms with van der Waals surface area (Å²) in [5, 5.41) is 9.45. The molecule has 0 spiro atoms. The van der Waals surface area contributed by atoms with Gasteiger partial charge in [0.2, 0.25) is 0 Å². The molecule has 1 aliphatic carbocycles. The SMILES string of the molecule is Cc1cc(C(=O)CSc2nnc(C(C)C)n2Cc2ccco2)c(C)n1C1CC1. The molecule has 0 atom stereocenters. The van der Waals surface area contributed by atoms with Crippen LogP contribution >= 0.6 is 11.8 Å². The van der Waals surface area contributed by atoms with E-state index in [1.165, 1.54) is 30.3 Å². The van der Waals surface area contributed by atoms with Gasteiger partial charge in [-0.2, -0.15) is 0 Å². The van der Waals surface area contributed by atoms with Crippen molar-refractivity contribution in [3.63, 3.8) is 0 Å². The lowest BCUT2D eigenvalue weighted by atomic mass is 10.2. The normalized spacial score (nSPS) is 14.2. The van der Waals surface area contributed by atoms with Gasteiger partial charge in [0, 0.05) is 28.9 Å². The van der Waals surface area contributed by atoms with Crippen molar-refractivity contribution in [2.75, 3.05) is 5.75 Å². The number of nitrogens with zero attached hydrogens (tertiary/aromatic N) is 4. The number of ketones is 1. The number of carbonyl (C=O) groups excluding carboxylic acids is 1. The summed E-state index contributed by atoms with van der Waals surface area (Å²) in [4.78, 5) is 12.9. The molecule has 0 unspecified atom stereocenters. The van der Waals surface area contributed by atoms with Crippen LogP contribution in [0, 0.1) is 13.8 Å². The van der Waals surface area contributed by atoms with Gasteiger partial charge in [0.05, 0.1) is 18.6 Å². The van der Waals surface area contributed by atoms with E-state index in [2.05, 4.69) is 47.0 Å². The molecular weight excluding hydrogens is 372 g/mol. The molecule has 0 N–H and O–H groups in total. The predicted molar refractivity (Wildman–Crippen MR) is 109 cm³/mol. The highest BCUT2D eigenvalue weighted by atomic mass is 32.2. The Morgan fingerprint density at radius 2 is 2.11 bits per heavy atom. The molecule has 28 heavy (non-hydrogen) atoms. The van der Waals surface area contributed by atoms with E-state index in [-0.39, 0.29) is 11.7 Å². The maximum atomic E-state index is 12.9. The van der Waals surface area contributed by atoms with E-state index in [0.717, 1.165) is 28.0 Å². The van der Waals surface area contributed by atoms with Gasteiger partial charge in [0.25, 0.3) is 0 Å². The lowest BCUT2D eigenvalue weighted by molar-refractivity contribution is 0.102. The third-order valence-electron chi connectivity index (χ3n) is 5.19. The quantitative estimate of drug-likeness (QED) is 0.404. The summed E-state index contributed by atoms with van der Waals surface area (Å²) in [5.74, 6) is 2.48. The Labute approximate surface area is 169 Å². The zero-order chi connectivity index (χ0) is 19.8. The first-order chi connectivity index (χ1) is 13.5. The van der Waals surface area contributed by atoms with Crippen molar-refractivity contribution in [1.82, 2.24) is 19.3 Å². The van der Waals surface area contributed by atoms with E-state index in [9.17, 15) is 4.79 Å². The van der Waals surface area contributed by atoms with E-state index in [4.69, 9.17) is 4.42 Å². The molecule has 0 aromatic carbocycles. The fourth-order valence-corrected chi connectivity index (χ4v) is 4.53. The number of furan rings is 1. The zero-order valence-corrected chi connectivity index (χ0v) is 17.6. The Morgan fingerprint density at radius 3 is 2.75 bits per heavy atom. The van der Waals surface area contributed by atoms with E-state index >= 15 is 0 Å². The van der Waals surface area contributed by atoms with Gasteiger partial charge in [-0.1, -0.05) is 25.6 Å². The van der Waals surface area contributed by atoms with Crippen LogP contribution in [0.1, 0.15) is 72.0 Å². The van der Waals surface area contributed by atoms with Gasteiger partial charge in [-0.25, -0.2) is 0 Å². The average Bonchev–Trinajstić information content (AvgIpc) is 3.07. The highest BCUT2D eigenvalue weighted by Crippen LogP contribution is 2.38. The second-order valence-corrected chi connectivity index (χ2v) is 8.70. The van der Waals surface area contributed by atoms with Crippen LogP contribution in [0.25, 0.3) is 0 Å². The molecule has 0 bridgehead atoms. The van der Waals surface area contributed by atoms with Gasteiger partial charge in [-0.3, -0.25) is 9.36 Å². The van der Waals surface area contributed by atoms with Crippen LogP contribution in [0.3, 0.4) is 0 Å². The molecule has 3 aromatic heterocycles. The number of Topliss-reactive ketones (excluding diaryl/α,β-unsaturated/α-hetero) is 1. The summed E-state index contributed by atoms with van der Waals surface area (Å²) in [7, 11) is 0. The minimum atomic E-state index is 0.142. The monoisotopic (exact) mass is 398 g/mol. The second kappa shape index (κ2) is 7.62. The van der Waals surface area contributed by atoms with Gasteiger partial charge in [0.15, 0.2) is 10.9 Å². The number of rotatable bonds is 8. The molecule has 3 aromatic rings. The Hall–Kier alpha value is -2.28. The molecule has 148 valence electrons. The predicted octanol–water partition coefficient (Wildman–Crippen LogP) is 4.77. The first-order valence-electron chi connectivity index (χ1n) is 9.75. The van der Waals surface area contributed by atoms with E-state index in [0.29, 0.717) is 18.3 Å². The lowest BCUT2D eigenvalue weighted by Crippen LogP contribution is -2.09. The van der Waals surface area contributed by atoms with Gasteiger partial charge in [0.1, 0.15) is 11.6 Å². The van der Waals surface area contributed by atoms with Gasteiger partial charge in [-0.05, 0) is 44.9 Å². The zero-order valence-electron chi connectivity index (χ0n) is 16.8. The molecule has 6 nitrogen and oxygen atoms in total. The van der Waals surface area contributed by atoms with E-state index in [1.54, 1.807) is 6.26 Å². The molecule has 4 rings (SSSR count). The number of carbonyl (C=O) groups is 1. The minimum Gasteiger partial charge on any atom is -0.467 e. The van der Waals surface area contributed by atoms with Crippen molar-refractivity contribution < 1.29 is 9.21 Å². The van der Waals surface area contributed by atoms with Crippen LogP contribution < -0.4 is 0 Å². The van der Waals surface area contributed by atoms with Crippen LogP contribution in [0.2, 0.25) is 0 Å². The van der Waals surface area contributed by atoms with Crippen LogP contribution in [0.4, 0.5) is 0 Å². The van der Waals surface area contributed by atoms with Crippen molar-refractivity contribution in [2.24, 2.45) is 0 Å². The summed E-state index contributed by atoms with van der Waals surface area (Å²) in [6, 6.07) is 6.43. The van der Waals surface area contributed by atoms with Gasteiger partial charge in [-0.15, -0.1) is 10.2 Å². The highest BCUT2D eigenvalue weighted by molar-refractivity contribution is 7.99. The third-order valence-corrected chi connectivity index (χ3v) is 6.15. The second-order valence-electron chi connectivity index (χ2n) is 7.76. The smallest absolute Gasteiger partial charge is 0.192 e. The van der Waals surface area contributed by atoms with Crippen molar-refractivity contribution in [1.29, 1.82) is 0 Å². The Bertz CT molecular complexity index is 981. The Morgan fingerprint density at radius 1 is 1.32 bits per heavy atom. The third kappa shape index (κ3) is 3.68. The van der Waals surface area contributed by atoms with Crippen LogP contribution in [0.5, 0.6) is 0 Å². The maximum absolute atomic E-state index is 12.9. The van der Waals surface area contributed by atoms with Crippen LogP contribution in [-0.2, 0) is 6.54 Å². The minimum absolute atomic E-state index is 0.142. The van der Waals surface area contributed by atoms with Crippen LogP contribution in [0.15, 0.2) is 34.0 Å². The highest BCUT2D eigenvalue weighted by Gasteiger charge is 2.28. The summed E-state index contributed by atoms with van der Waals surface area (Å²) in [5.41, 5.74) is 3.10. The Kier molecular flexibility index (Phi) is 5.19. The summed E-state index contributed by atoms with van der Waals surface area (Å²) in [6.45, 7) is 8.90. The molecule has 0 amide bonds.